The highest BCUT2D eigenvalue weighted by Crippen LogP contribution is 2.46. The smallest absolute Gasteiger partial charge is 0.451 e. The summed E-state index contributed by atoms with van der Waals surface area (Å²) in [4.78, 5) is 14.4. The fraction of sp³-hybridized carbons (Fsp3) is 0.650. The lowest BCUT2D eigenvalue weighted by Crippen LogP contribution is -2.37. The highest BCUT2D eigenvalue weighted by Gasteiger charge is 2.49. The van der Waals surface area contributed by atoms with Crippen molar-refractivity contribution < 1.29 is 24.3 Å². The van der Waals surface area contributed by atoms with Crippen LogP contribution in [0, 0.1) is 11.7 Å². The van der Waals surface area contributed by atoms with Crippen molar-refractivity contribution in [3.63, 3.8) is 0 Å². The number of carbonyl (C=O) groups is 1. The third-order valence-electron chi connectivity index (χ3n) is 6.42. The summed E-state index contributed by atoms with van der Waals surface area (Å²) in [7, 11) is -1.38. The van der Waals surface area contributed by atoms with E-state index in [-0.39, 0.29) is 18.1 Å². The number of nitrogens with zero attached hydrogens (tertiary/aromatic N) is 1. The Hall–Kier alpha value is -1.44. The highest BCUT2D eigenvalue weighted by molar-refractivity contribution is 6.40. The summed E-state index contributed by atoms with van der Waals surface area (Å²) in [5.41, 5.74) is 1.00. The molecule has 0 spiro atoms. The number of aliphatic carboxylic acids is 1. The molecule has 0 saturated carbocycles. The normalized spacial score (nSPS) is 25.4. The van der Waals surface area contributed by atoms with Gasteiger partial charge in [0.1, 0.15) is 5.82 Å². The lowest BCUT2D eigenvalue weighted by Gasteiger charge is -2.29. The van der Waals surface area contributed by atoms with Crippen LogP contribution in [0.15, 0.2) is 12.1 Å². The summed E-state index contributed by atoms with van der Waals surface area (Å²) in [6.45, 7) is 4.16. The van der Waals surface area contributed by atoms with Gasteiger partial charge in [-0.3, -0.25) is 9.69 Å². The van der Waals surface area contributed by atoms with Gasteiger partial charge >= 0.3 is 13.1 Å². The van der Waals surface area contributed by atoms with Gasteiger partial charge in [-0.15, -0.1) is 0 Å². The van der Waals surface area contributed by atoms with Crippen LogP contribution in [0.1, 0.15) is 55.7 Å². The van der Waals surface area contributed by atoms with Crippen LogP contribution in [0.25, 0.3) is 0 Å². The molecule has 0 amide bonds. The number of benzene rings is 1. The molecule has 1 heterocycles. The Bertz CT molecular complexity index is 693. The average Bonchev–Trinajstić information content (AvgIpc) is 2.89. The molecular formula is C20H29BFNO4. The van der Waals surface area contributed by atoms with Gasteiger partial charge in [0, 0.05) is 12.1 Å². The van der Waals surface area contributed by atoms with Crippen LogP contribution in [-0.2, 0) is 23.2 Å². The van der Waals surface area contributed by atoms with Gasteiger partial charge in [-0.25, -0.2) is 4.39 Å². The van der Waals surface area contributed by atoms with Crippen molar-refractivity contribution in [1.82, 2.24) is 4.90 Å². The predicted molar refractivity (Wildman–Crippen MR) is 102 cm³/mol. The number of carboxylic acids is 1. The van der Waals surface area contributed by atoms with E-state index in [0.717, 1.165) is 37.1 Å². The molecule has 0 radical (unpaired) electrons. The van der Waals surface area contributed by atoms with Crippen molar-refractivity contribution in [2.24, 2.45) is 5.92 Å². The zero-order chi connectivity index (χ0) is 19.6. The van der Waals surface area contributed by atoms with Crippen molar-refractivity contribution >= 4 is 13.1 Å². The van der Waals surface area contributed by atoms with Crippen LogP contribution < -0.4 is 0 Å². The summed E-state index contributed by atoms with van der Waals surface area (Å²) in [6.07, 6.45) is 5.29. The Morgan fingerprint density at radius 3 is 2.63 bits per heavy atom. The summed E-state index contributed by atoms with van der Waals surface area (Å²) in [5.74, 6) is -1.32. The van der Waals surface area contributed by atoms with E-state index in [0.29, 0.717) is 31.4 Å². The predicted octanol–water partition coefficient (Wildman–Crippen LogP) is 2.58. The molecule has 148 valence electrons. The SMILES string of the molecule is C[C@@]1(C(=O)O)c2cc(CN3CCCCC3)c(F)cc2C[C@@H]1CCCB(O)O. The van der Waals surface area contributed by atoms with Crippen LogP contribution in [-0.4, -0.2) is 46.2 Å². The molecule has 3 N–H and O–H groups in total. The lowest BCUT2D eigenvalue weighted by atomic mass is 9.72. The molecule has 1 aliphatic heterocycles. The van der Waals surface area contributed by atoms with Crippen molar-refractivity contribution in [1.29, 1.82) is 0 Å². The second-order valence-corrected chi connectivity index (χ2v) is 8.26. The van der Waals surface area contributed by atoms with Gasteiger partial charge in [0.05, 0.1) is 5.41 Å². The molecule has 0 bridgehead atoms. The fourth-order valence-electron chi connectivity index (χ4n) is 4.71. The molecule has 3 rings (SSSR count). The molecule has 2 aliphatic rings. The number of hydrogen-bond acceptors (Lipinski definition) is 4. The standard InChI is InChI=1S/C20H29BFNO4/c1-20(19(24)25)16(6-5-7-21(26)27)10-14-12-18(22)15(11-17(14)20)13-23-8-3-2-4-9-23/h11-12,16,26-27H,2-10,13H2,1H3,(H,24,25)/t16-,20-/m0/s1. The van der Waals surface area contributed by atoms with Crippen LogP contribution in [0.4, 0.5) is 4.39 Å². The lowest BCUT2D eigenvalue weighted by molar-refractivity contribution is -0.145. The summed E-state index contributed by atoms with van der Waals surface area (Å²) < 4.78 is 14.7. The molecule has 1 fully saturated rings. The highest BCUT2D eigenvalue weighted by atomic mass is 19.1. The van der Waals surface area contributed by atoms with Crippen molar-refractivity contribution in [3.05, 3.63) is 34.6 Å². The van der Waals surface area contributed by atoms with Gasteiger partial charge in [-0.2, -0.15) is 0 Å². The number of hydrogen-bond donors (Lipinski definition) is 3. The Kier molecular flexibility index (Phi) is 6.23. The summed E-state index contributed by atoms with van der Waals surface area (Å²) >= 11 is 0. The van der Waals surface area contributed by atoms with E-state index in [2.05, 4.69) is 4.90 Å². The van der Waals surface area contributed by atoms with Crippen molar-refractivity contribution in [2.75, 3.05) is 13.1 Å². The first kappa shape index (κ1) is 20.3. The van der Waals surface area contributed by atoms with E-state index in [1.54, 1.807) is 13.0 Å². The molecule has 1 aliphatic carbocycles. The van der Waals surface area contributed by atoms with Crippen molar-refractivity contribution in [2.45, 2.75) is 63.7 Å². The molecule has 7 heteroatoms. The molecule has 0 aromatic heterocycles. The maximum absolute atomic E-state index is 14.7. The van der Waals surface area contributed by atoms with E-state index < -0.39 is 18.5 Å². The Morgan fingerprint density at radius 1 is 1.30 bits per heavy atom. The van der Waals surface area contributed by atoms with Crippen LogP contribution in [0.3, 0.4) is 0 Å². The maximum atomic E-state index is 14.7. The zero-order valence-electron chi connectivity index (χ0n) is 16.0. The molecule has 1 aromatic rings. The topological polar surface area (TPSA) is 81.0 Å². The number of rotatable bonds is 7. The van der Waals surface area contributed by atoms with E-state index in [9.17, 15) is 14.3 Å². The molecular weight excluding hydrogens is 348 g/mol. The number of halogens is 1. The minimum Gasteiger partial charge on any atom is -0.481 e. The van der Waals surface area contributed by atoms with E-state index in [1.807, 2.05) is 0 Å². The fourth-order valence-corrected chi connectivity index (χ4v) is 4.71. The number of carboxylic acid groups (broad SMARTS) is 1. The van der Waals surface area contributed by atoms with Crippen LogP contribution >= 0.6 is 0 Å². The largest absolute Gasteiger partial charge is 0.481 e. The summed E-state index contributed by atoms with van der Waals surface area (Å²) in [6, 6.07) is 3.30. The Balaban J connectivity index is 1.84. The van der Waals surface area contributed by atoms with Crippen molar-refractivity contribution in [3.8, 4) is 0 Å². The quantitative estimate of drug-likeness (QED) is 0.637. The zero-order valence-corrected chi connectivity index (χ0v) is 16.0. The van der Waals surface area contributed by atoms with E-state index in [1.165, 1.54) is 12.5 Å². The second-order valence-electron chi connectivity index (χ2n) is 8.26. The monoisotopic (exact) mass is 377 g/mol. The average molecular weight is 377 g/mol. The van der Waals surface area contributed by atoms with Gasteiger partial charge in [0.15, 0.2) is 0 Å². The second kappa shape index (κ2) is 8.29. The van der Waals surface area contributed by atoms with Gasteiger partial charge in [0.2, 0.25) is 0 Å². The molecule has 1 saturated heterocycles. The molecule has 2 atom stereocenters. The Labute approximate surface area is 160 Å². The first-order chi connectivity index (χ1) is 12.8. The molecule has 27 heavy (non-hydrogen) atoms. The third-order valence-corrected chi connectivity index (χ3v) is 6.42. The minimum atomic E-state index is -1.38. The summed E-state index contributed by atoms with van der Waals surface area (Å²) in [5, 5.41) is 28.1. The minimum absolute atomic E-state index is 0.173. The Morgan fingerprint density at radius 2 is 2.00 bits per heavy atom. The first-order valence-electron chi connectivity index (χ1n) is 9.96. The van der Waals surface area contributed by atoms with Crippen LogP contribution in [0.5, 0.6) is 0 Å². The van der Waals surface area contributed by atoms with Gasteiger partial charge in [0.25, 0.3) is 0 Å². The van der Waals surface area contributed by atoms with E-state index >= 15 is 0 Å². The van der Waals surface area contributed by atoms with Gasteiger partial charge in [-0.05, 0) is 75.1 Å². The number of piperidine rings is 1. The van der Waals surface area contributed by atoms with Gasteiger partial charge < -0.3 is 15.2 Å². The van der Waals surface area contributed by atoms with Gasteiger partial charge in [-0.1, -0.05) is 18.9 Å². The number of fused-ring (bicyclic) bond motifs is 1. The molecule has 1 aromatic carbocycles. The van der Waals surface area contributed by atoms with E-state index in [4.69, 9.17) is 10.0 Å². The number of likely N-dealkylation sites (tertiary alicyclic amines) is 1. The van der Waals surface area contributed by atoms with Crippen LogP contribution in [0.2, 0.25) is 6.32 Å². The third kappa shape index (κ3) is 4.20. The molecule has 5 nitrogen and oxygen atoms in total. The maximum Gasteiger partial charge on any atom is 0.451 e. The molecule has 0 unspecified atom stereocenters. The first-order valence-corrected chi connectivity index (χ1v) is 9.96.